The van der Waals surface area contributed by atoms with E-state index in [1.54, 1.807) is 0 Å². The zero-order valence-electron chi connectivity index (χ0n) is 5.56. The van der Waals surface area contributed by atoms with Gasteiger partial charge in [-0.05, 0) is 24.8 Å². The number of thiol groups is 1. The Balaban J connectivity index is 2.18. The predicted octanol–water partition coefficient (Wildman–Crippen LogP) is -0.275. The molecule has 1 aliphatic heterocycles. The van der Waals surface area contributed by atoms with Gasteiger partial charge in [-0.15, -0.1) is 0 Å². The Hall–Kier alpha value is 0.270. The lowest BCUT2D eigenvalue weighted by Crippen LogP contribution is -2.24. The van der Waals surface area contributed by atoms with Crippen LogP contribution in [0.15, 0.2) is 0 Å². The minimum absolute atomic E-state index is 0.718. The van der Waals surface area contributed by atoms with Gasteiger partial charge in [0.25, 0.3) is 0 Å². The van der Waals surface area contributed by atoms with Gasteiger partial charge in [0.2, 0.25) is 0 Å². The highest BCUT2D eigenvalue weighted by atomic mass is 32.1. The van der Waals surface area contributed by atoms with Crippen molar-refractivity contribution in [3.8, 4) is 0 Å². The summed E-state index contributed by atoms with van der Waals surface area (Å²) < 4.78 is 0. The summed E-state index contributed by atoms with van der Waals surface area (Å²) >= 11 is 4.23. The van der Waals surface area contributed by atoms with E-state index in [0.29, 0.717) is 0 Å². The molecule has 0 radical (unpaired) electrons. The molecule has 1 aliphatic rings. The molecule has 0 saturated carbocycles. The number of hydrogen-bond donors (Lipinski definition) is 3. The van der Waals surface area contributed by atoms with Crippen molar-refractivity contribution in [2.45, 2.75) is 0 Å². The Labute approximate surface area is 61.8 Å². The maximum absolute atomic E-state index is 4.23. The number of hydrogen-bond acceptors (Lipinski definition) is 3. The van der Waals surface area contributed by atoms with Crippen LogP contribution < -0.4 is 10.6 Å². The van der Waals surface area contributed by atoms with Gasteiger partial charge >= 0.3 is 0 Å². The monoisotopic (exact) mass is 146 g/mol. The Kier molecular flexibility index (Phi) is 3.40. The first-order valence-electron chi connectivity index (χ1n) is 3.46. The highest BCUT2D eigenvalue weighted by molar-refractivity contribution is 7.80. The summed E-state index contributed by atoms with van der Waals surface area (Å²) in [4.78, 5) is 0. The van der Waals surface area contributed by atoms with E-state index in [2.05, 4.69) is 23.3 Å². The molecule has 0 aromatic heterocycles. The molecule has 0 amide bonds. The van der Waals surface area contributed by atoms with E-state index in [4.69, 9.17) is 0 Å². The molecule has 0 unspecified atom stereocenters. The summed E-state index contributed by atoms with van der Waals surface area (Å²) in [6.45, 7) is 4.45. The fourth-order valence-corrected chi connectivity index (χ4v) is 1.25. The van der Waals surface area contributed by atoms with Crippen molar-refractivity contribution in [2.24, 2.45) is 5.92 Å². The Bertz CT molecular complexity index is 69.5. The molecule has 0 spiro atoms. The molecule has 9 heavy (non-hydrogen) atoms. The summed E-state index contributed by atoms with van der Waals surface area (Å²) in [5.41, 5.74) is 0. The van der Waals surface area contributed by atoms with Crippen LogP contribution in [0.5, 0.6) is 0 Å². The van der Waals surface area contributed by atoms with Crippen molar-refractivity contribution >= 4 is 12.6 Å². The summed E-state index contributed by atoms with van der Waals surface area (Å²) in [6, 6.07) is 0. The van der Waals surface area contributed by atoms with Gasteiger partial charge in [-0.25, -0.2) is 0 Å². The average Bonchev–Trinajstić information content (AvgIpc) is 2.13. The molecule has 0 aromatic carbocycles. The molecule has 1 fully saturated rings. The zero-order valence-corrected chi connectivity index (χ0v) is 6.45. The topological polar surface area (TPSA) is 24.1 Å². The second-order valence-corrected chi connectivity index (χ2v) is 2.82. The SMILES string of the molecule is SCC1CNCCNC1. The third kappa shape index (κ3) is 2.56. The van der Waals surface area contributed by atoms with Gasteiger partial charge in [0.1, 0.15) is 0 Å². The van der Waals surface area contributed by atoms with Gasteiger partial charge in [-0.1, -0.05) is 0 Å². The quantitative estimate of drug-likeness (QED) is 0.443. The second-order valence-electron chi connectivity index (χ2n) is 2.46. The van der Waals surface area contributed by atoms with Gasteiger partial charge in [-0.2, -0.15) is 12.6 Å². The minimum atomic E-state index is 0.718. The third-order valence-corrected chi connectivity index (χ3v) is 2.12. The van der Waals surface area contributed by atoms with Crippen LogP contribution in [0, 0.1) is 5.92 Å². The second kappa shape index (κ2) is 4.14. The van der Waals surface area contributed by atoms with E-state index in [1.165, 1.54) is 0 Å². The van der Waals surface area contributed by atoms with Gasteiger partial charge in [-0.3, -0.25) is 0 Å². The first-order valence-corrected chi connectivity index (χ1v) is 4.09. The van der Waals surface area contributed by atoms with Crippen LogP contribution in [0.2, 0.25) is 0 Å². The molecule has 0 aliphatic carbocycles. The molecular formula is C6H14N2S. The smallest absolute Gasteiger partial charge is 0.00768 e. The molecule has 2 N–H and O–H groups in total. The highest BCUT2D eigenvalue weighted by Gasteiger charge is 2.07. The summed E-state index contributed by atoms with van der Waals surface area (Å²) in [5.74, 6) is 1.70. The van der Waals surface area contributed by atoms with Gasteiger partial charge in [0.15, 0.2) is 0 Å². The van der Waals surface area contributed by atoms with Gasteiger partial charge < -0.3 is 10.6 Å². The molecule has 3 heteroatoms. The highest BCUT2D eigenvalue weighted by Crippen LogP contribution is 1.96. The van der Waals surface area contributed by atoms with Crippen molar-refractivity contribution in [3.63, 3.8) is 0 Å². The van der Waals surface area contributed by atoms with Crippen molar-refractivity contribution < 1.29 is 0 Å². The van der Waals surface area contributed by atoms with Crippen LogP contribution in [-0.4, -0.2) is 31.9 Å². The molecule has 1 saturated heterocycles. The summed E-state index contributed by atoms with van der Waals surface area (Å²) in [7, 11) is 0. The number of rotatable bonds is 1. The first-order chi connectivity index (χ1) is 4.43. The molecule has 1 rings (SSSR count). The molecular weight excluding hydrogens is 132 g/mol. The molecule has 2 nitrogen and oxygen atoms in total. The van der Waals surface area contributed by atoms with E-state index in [1.807, 2.05) is 0 Å². The van der Waals surface area contributed by atoms with Crippen molar-refractivity contribution in [1.29, 1.82) is 0 Å². The third-order valence-electron chi connectivity index (χ3n) is 1.60. The minimum Gasteiger partial charge on any atom is -0.315 e. The lowest BCUT2D eigenvalue weighted by molar-refractivity contribution is 0.554. The largest absolute Gasteiger partial charge is 0.315 e. The van der Waals surface area contributed by atoms with E-state index in [9.17, 15) is 0 Å². The van der Waals surface area contributed by atoms with E-state index >= 15 is 0 Å². The first kappa shape index (κ1) is 7.38. The maximum Gasteiger partial charge on any atom is 0.00768 e. The summed E-state index contributed by atoms with van der Waals surface area (Å²) in [5, 5.41) is 6.67. The van der Waals surface area contributed by atoms with Crippen LogP contribution in [-0.2, 0) is 0 Å². The summed E-state index contributed by atoms with van der Waals surface area (Å²) in [6.07, 6.45) is 0. The van der Waals surface area contributed by atoms with E-state index in [0.717, 1.165) is 37.8 Å². The maximum atomic E-state index is 4.23. The molecule has 0 bridgehead atoms. The normalized spacial score (nSPS) is 23.7. The number of nitrogens with one attached hydrogen (secondary N) is 2. The fraction of sp³-hybridized carbons (Fsp3) is 1.00. The van der Waals surface area contributed by atoms with Crippen LogP contribution in [0.3, 0.4) is 0 Å². The zero-order chi connectivity index (χ0) is 6.53. The molecule has 1 heterocycles. The molecule has 0 aromatic rings. The lowest BCUT2D eigenvalue weighted by Gasteiger charge is -2.08. The van der Waals surface area contributed by atoms with Crippen molar-refractivity contribution in [1.82, 2.24) is 10.6 Å². The van der Waals surface area contributed by atoms with Crippen LogP contribution >= 0.6 is 12.6 Å². The Morgan fingerprint density at radius 2 is 1.78 bits per heavy atom. The van der Waals surface area contributed by atoms with Crippen molar-refractivity contribution in [2.75, 3.05) is 31.9 Å². The Morgan fingerprint density at radius 1 is 1.22 bits per heavy atom. The van der Waals surface area contributed by atoms with E-state index in [-0.39, 0.29) is 0 Å². The predicted molar refractivity (Wildman–Crippen MR) is 43.1 cm³/mol. The lowest BCUT2D eigenvalue weighted by atomic mass is 10.2. The van der Waals surface area contributed by atoms with E-state index < -0.39 is 0 Å². The van der Waals surface area contributed by atoms with Crippen LogP contribution in [0.4, 0.5) is 0 Å². The molecule has 0 atom stereocenters. The Morgan fingerprint density at radius 3 is 2.22 bits per heavy atom. The van der Waals surface area contributed by atoms with Gasteiger partial charge in [0.05, 0.1) is 0 Å². The van der Waals surface area contributed by atoms with Crippen LogP contribution in [0.1, 0.15) is 0 Å². The fourth-order valence-electron chi connectivity index (χ4n) is 0.990. The van der Waals surface area contributed by atoms with Crippen LogP contribution in [0.25, 0.3) is 0 Å². The average molecular weight is 146 g/mol. The van der Waals surface area contributed by atoms with Gasteiger partial charge in [0, 0.05) is 13.1 Å². The standard InChI is InChI=1S/C6H14N2S/c9-5-6-3-7-1-2-8-4-6/h6-9H,1-5H2. The molecule has 54 valence electrons. The van der Waals surface area contributed by atoms with Crippen molar-refractivity contribution in [3.05, 3.63) is 0 Å².